The zero-order valence-electron chi connectivity index (χ0n) is 12.7. The maximum Gasteiger partial charge on any atom is 0.0692 e. The molecule has 4 rings (SSSR count). The summed E-state index contributed by atoms with van der Waals surface area (Å²) in [5, 5.41) is 0. The molecule has 0 aliphatic rings. The largest absolute Gasteiger partial charge is 0.340 e. The number of hydrogen-bond acceptors (Lipinski definition) is 3. The van der Waals surface area contributed by atoms with Crippen molar-refractivity contribution in [2.75, 3.05) is 0 Å². The molecular weight excluding hydrogens is 483 g/mol. The Balaban J connectivity index is 0.00000156. The van der Waals surface area contributed by atoms with Gasteiger partial charge in [0.25, 0.3) is 0 Å². The number of thiazole rings is 1. The van der Waals surface area contributed by atoms with Gasteiger partial charge in [0.15, 0.2) is 0 Å². The normalized spacial score (nSPS) is 10.7. The third-order valence-corrected chi connectivity index (χ3v) is 4.62. The summed E-state index contributed by atoms with van der Waals surface area (Å²) in [4.78, 5) is 8.93. The summed E-state index contributed by atoms with van der Waals surface area (Å²) in [7, 11) is 0. The molecule has 117 valence electrons. The molecule has 2 aromatic heterocycles. The summed E-state index contributed by atoms with van der Waals surface area (Å²) in [6, 6.07) is 13.7. The zero-order valence-corrected chi connectivity index (χ0v) is 15.9. The van der Waals surface area contributed by atoms with Crippen molar-refractivity contribution in [3.05, 3.63) is 65.4 Å². The maximum atomic E-state index is 4.54. The first kappa shape index (κ1) is 16.1. The van der Waals surface area contributed by atoms with E-state index >= 15 is 0 Å². The van der Waals surface area contributed by atoms with Crippen molar-refractivity contribution in [2.24, 2.45) is 0 Å². The fourth-order valence-corrected chi connectivity index (χ4v) is 3.44. The van der Waals surface area contributed by atoms with Gasteiger partial charge in [0, 0.05) is 38.2 Å². The van der Waals surface area contributed by atoms with Crippen LogP contribution in [-0.4, -0.2) is 14.5 Å². The van der Waals surface area contributed by atoms with E-state index in [1.807, 2.05) is 24.0 Å². The van der Waals surface area contributed by atoms with Gasteiger partial charge in [-0.15, -0.1) is 23.8 Å². The van der Waals surface area contributed by atoms with Crippen LogP contribution in [0.3, 0.4) is 0 Å². The molecule has 23 heavy (non-hydrogen) atoms. The number of benzene rings is 2. The average Bonchev–Trinajstić information content (AvgIpc) is 3.15. The molecule has 2 aromatic carbocycles. The number of hydrogen-bond donors (Lipinski definition) is 0. The van der Waals surface area contributed by atoms with Gasteiger partial charge in [0.2, 0.25) is 0 Å². The number of rotatable bonds is 2. The molecule has 0 spiro atoms. The van der Waals surface area contributed by atoms with Crippen molar-refractivity contribution >= 4 is 21.6 Å². The molecule has 0 bridgehead atoms. The zero-order chi connectivity index (χ0) is 15.1. The number of aromatic nitrogens is 3. The second-order valence-electron chi connectivity index (χ2n) is 5.31. The number of imidazole rings is 1. The van der Waals surface area contributed by atoms with Gasteiger partial charge >= 0.3 is 0 Å². The van der Waals surface area contributed by atoms with Crippen LogP contribution in [-0.2, 0) is 20.1 Å². The van der Waals surface area contributed by atoms with Gasteiger partial charge < -0.3 is 4.57 Å². The van der Waals surface area contributed by atoms with E-state index in [4.69, 9.17) is 0 Å². The molecule has 0 unspecified atom stereocenters. The van der Waals surface area contributed by atoms with Crippen LogP contribution in [0.4, 0.5) is 0 Å². The number of aryl methyl sites for hydroxylation is 2. The van der Waals surface area contributed by atoms with Gasteiger partial charge in [0.05, 0.1) is 11.3 Å². The molecule has 5 heteroatoms. The molecule has 0 aliphatic carbocycles. The SMILES string of the molecule is Cc1cccc(C)c1-n1ccnc1-c1[c-]cc2scnc2c1.[Ir]. The Labute approximate surface area is 152 Å². The second kappa shape index (κ2) is 6.36. The molecule has 0 aliphatic heterocycles. The average molecular weight is 497 g/mol. The Hall–Kier alpha value is -1.81. The Kier molecular flexibility index (Phi) is 4.44. The first-order chi connectivity index (χ1) is 10.7. The van der Waals surface area contributed by atoms with Crippen LogP contribution in [0.5, 0.6) is 0 Å². The van der Waals surface area contributed by atoms with Crippen LogP contribution in [0.1, 0.15) is 11.1 Å². The van der Waals surface area contributed by atoms with Crippen molar-refractivity contribution in [3.63, 3.8) is 0 Å². The predicted molar refractivity (Wildman–Crippen MR) is 90.5 cm³/mol. The monoisotopic (exact) mass is 497 g/mol. The first-order valence-electron chi connectivity index (χ1n) is 7.09. The standard InChI is InChI=1S/C18H14N3S.Ir/c1-12-4-3-5-13(2)17(12)21-9-8-19-18(21)14-6-7-16-15(10-14)20-11-22-16;/h3-5,7-11H,1-2H3;/q-1;. The Morgan fingerprint density at radius 3 is 2.70 bits per heavy atom. The molecule has 0 atom stereocenters. The van der Waals surface area contributed by atoms with Crippen molar-refractivity contribution in [1.82, 2.24) is 14.5 Å². The molecule has 0 saturated heterocycles. The van der Waals surface area contributed by atoms with E-state index in [1.54, 1.807) is 11.3 Å². The molecular formula is C18H14IrN3S-. The number of nitrogens with zero attached hydrogens (tertiary/aromatic N) is 3. The third-order valence-electron chi connectivity index (χ3n) is 3.83. The van der Waals surface area contributed by atoms with E-state index in [2.05, 4.69) is 58.7 Å². The van der Waals surface area contributed by atoms with Gasteiger partial charge in [-0.1, -0.05) is 18.2 Å². The van der Waals surface area contributed by atoms with Crippen molar-refractivity contribution in [3.8, 4) is 17.1 Å². The molecule has 0 amide bonds. The minimum absolute atomic E-state index is 0. The fourth-order valence-electron chi connectivity index (χ4n) is 2.80. The summed E-state index contributed by atoms with van der Waals surface area (Å²) >= 11 is 1.63. The topological polar surface area (TPSA) is 30.7 Å². The molecule has 3 nitrogen and oxygen atoms in total. The van der Waals surface area contributed by atoms with E-state index in [0.29, 0.717) is 0 Å². The van der Waals surface area contributed by atoms with E-state index < -0.39 is 0 Å². The first-order valence-corrected chi connectivity index (χ1v) is 7.97. The molecule has 1 radical (unpaired) electrons. The Bertz CT molecular complexity index is 951. The molecule has 0 fully saturated rings. The van der Waals surface area contributed by atoms with Gasteiger partial charge in [-0.2, -0.15) is 11.3 Å². The minimum atomic E-state index is 0. The van der Waals surface area contributed by atoms with Crippen molar-refractivity contribution in [2.45, 2.75) is 13.8 Å². The smallest absolute Gasteiger partial charge is 0.0692 e. The third kappa shape index (κ3) is 2.76. The van der Waals surface area contributed by atoms with Gasteiger partial charge in [0.1, 0.15) is 0 Å². The van der Waals surface area contributed by atoms with Crippen LogP contribution in [0.25, 0.3) is 27.3 Å². The summed E-state index contributed by atoms with van der Waals surface area (Å²) in [5.41, 5.74) is 7.46. The van der Waals surface area contributed by atoms with Crippen LogP contribution < -0.4 is 0 Å². The Morgan fingerprint density at radius 1 is 1.13 bits per heavy atom. The van der Waals surface area contributed by atoms with Crippen LogP contribution in [0, 0.1) is 19.9 Å². The summed E-state index contributed by atoms with van der Waals surface area (Å²) < 4.78 is 3.28. The van der Waals surface area contributed by atoms with E-state index in [-0.39, 0.29) is 20.1 Å². The molecule has 2 heterocycles. The number of para-hydroxylation sites is 1. The quantitative estimate of drug-likeness (QED) is 0.381. The van der Waals surface area contributed by atoms with Gasteiger partial charge in [-0.05, 0) is 35.2 Å². The predicted octanol–water partition coefficient (Wildman–Crippen LogP) is 4.56. The summed E-state index contributed by atoms with van der Waals surface area (Å²) in [6.45, 7) is 4.25. The van der Waals surface area contributed by atoms with Crippen LogP contribution >= 0.6 is 11.3 Å². The Morgan fingerprint density at radius 2 is 1.91 bits per heavy atom. The summed E-state index contributed by atoms with van der Waals surface area (Å²) in [6.07, 6.45) is 3.84. The van der Waals surface area contributed by atoms with E-state index in [9.17, 15) is 0 Å². The molecule has 4 aromatic rings. The van der Waals surface area contributed by atoms with Gasteiger partial charge in [-0.25, -0.2) is 0 Å². The van der Waals surface area contributed by atoms with E-state index in [0.717, 1.165) is 21.6 Å². The van der Waals surface area contributed by atoms with Crippen LogP contribution in [0.15, 0.2) is 48.2 Å². The van der Waals surface area contributed by atoms with E-state index in [1.165, 1.54) is 16.8 Å². The minimum Gasteiger partial charge on any atom is -0.340 e. The van der Waals surface area contributed by atoms with Crippen molar-refractivity contribution in [1.29, 1.82) is 0 Å². The summed E-state index contributed by atoms with van der Waals surface area (Å²) in [5.74, 6) is 0.896. The maximum absolute atomic E-state index is 4.54. The molecule has 0 N–H and O–H groups in total. The fraction of sp³-hybridized carbons (Fsp3) is 0.111. The molecule has 0 saturated carbocycles. The van der Waals surface area contributed by atoms with Crippen molar-refractivity contribution < 1.29 is 20.1 Å². The van der Waals surface area contributed by atoms with Crippen LogP contribution in [0.2, 0.25) is 0 Å². The number of fused-ring (bicyclic) bond motifs is 1. The second-order valence-corrected chi connectivity index (χ2v) is 6.20. The van der Waals surface area contributed by atoms with Gasteiger partial charge in [-0.3, -0.25) is 9.97 Å².